The van der Waals surface area contributed by atoms with Gasteiger partial charge in [0.05, 0.1) is 5.52 Å². The Labute approximate surface area is 106 Å². The van der Waals surface area contributed by atoms with Gasteiger partial charge in [0, 0.05) is 32.1 Å². The van der Waals surface area contributed by atoms with Crippen molar-refractivity contribution in [3.63, 3.8) is 0 Å². The van der Waals surface area contributed by atoms with Crippen molar-refractivity contribution >= 4 is 16.8 Å². The van der Waals surface area contributed by atoms with Crippen LogP contribution in [-0.4, -0.2) is 22.2 Å². The van der Waals surface area contributed by atoms with Gasteiger partial charge in [0.25, 0.3) is 0 Å². The molecule has 2 unspecified atom stereocenters. The monoisotopic (exact) mass is 243 g/mol. The van der Waals surface area contributed by atoms with Gasteiger partial charge in [0.2, 0.25) is 5.91 Å². The van der Waals surface area contributed by atoms with Gasteiger partial charge in [-0.1, -0.05) is 12.1 Å². The number of nitrogens with zero attached hydrogens (tertiary/aromatic N) is 2. The minimum Gasteiger partial charge on any atom is -0.356 e. The molecule has 1 aliphatic carbocycles. The fraction of sp³-hybridized carbons (Fsp3) is 0.429. The second-order valence-corrected chi connectivity index (χ2v) is 5.12. The quantitative estimate of drug-likeness (QED) is 0.893. The van der Waals surface area contributed by atoms with E-state index in [1.165, 1.54) is 10.9 Å². The summed E-state index contributed by atoms with van der Waals surface area (Å²) in [7, 11) is 1.95. The van der Waals surface area contributed by atoms with Crippen LogP contribution < -0.4 is 5.32 Å². The molecule has 0 aliphatic heterocycles. The smallest absolute Gasteiger partial charge is 0.216 e. The lowest BCUT2D eigenvalue weighted by molar-refractivity contribution is -0.119. The average Bonchev–Trinajstić information content (AvgIpc) is 2.98. The summed E-state index contributed by atoms with van der Waals surface area (Å²) in [6, 6.07) is 6.30. The van der Waals surface area contributed by atoms with Crippen molar-refractivity contribution in [3.05, 3.63) is 30.0 Å². The third kappa shape index (κ3) is 1.98. The zero-order valence-electron chi connectivity index (χ0n) is 10.7. The van der Waals surface area contributed by atoms with Crippen LogP contribution in [0.4, 0.5) is 0 Å². The molecule has 0 radical (unpaired) electrons. The first-order valence-electron chi connectivity index (χ1n) is 6.32. The van der Waals surface area contributed by atoms with E-state index in [-0.39, 0.29) is 5.91 Å². The molecule has 1 saturated carbocycles. The van der Waals surface area contributed by atoms with Crippen LogP contribution in [0.15, 0.2) is 24.4 Å². The predicted molar refractivity (Wildman–Crippen MR) is 70.2 cm³/mol. The largest absolute Gasteiger partial charge is 0.356 e. The zero-order valence-corrected chi connectivity index (χ0v) is 10.7. The van der Waals surface area contributed by atoms with Crippen molar-refractivity contribution in [3.8, 4) is 0 Å². The van der Waals surface area contributed by atoms with Crippen LogP contribution in [0.3, 0.4) is 0 Å². The van der Waals surface area contributed by atoms with E-state index in [0.717, 1.165) is 18.5 Å². The van der Waals surface area contributed by atoms with Gasteiger partial charge in [0.1, 0.15) is 0 Å². The highest BCUT2D eigenvalue weighted by molar-refractivity contribution is 5.82. The summed E-state index contributed by atoms with van der Waals surface area (Å²) in [5.74, 6) is 1.21. The van der Waals surface area contributed by atoms with E-state index >= 15 is 0 Å². The number of carbonyl (C=O) groups is 1. The van der Waals surface area contributed by atoms with Crippen molar-refractivity contribution in [2.75, 3.05) is 6.54 Å². The van der Waals surface area contributed by atoms with Crippen molar-refractivity contribution < 1.29 is 4.79 Å². The van der Waals surface area contributed by atoms with Crippen molar-refractivity contribution in [2.24, 2.45) is 13.0 Å². The molecule has 2 aromatic rings. The fourth-order valence-corrected chi connectivity index (χ4v) is 2.64. The lowest BCUT2D eigenvalue weighted by Crippen LogP contribution is -2.22. The van der Waals surface area contributed by atoms with E-state index in [2.05, 4.69) is 28.7 Å². The molecular weight excluding hydrogens is 226 g/mol. The Bertz CT molecular complexity index is 602. The zero-order chi connectivity index (χ0) is 12.7. The lowest BCUT2D eigenvalue weighted by atomic mass is 10.0. The average molecular weight is 243 g/mol. The third-order valence-corrected chi connectivity index (χ3v) is 3.63. The topological polar surface area (TPSA) is 46.9 Å². The van der Waals surface area contributed by atoms with Crippen molar-refractivity contribution in [2.45, 2.75) is 19.3 Å². The normalized spacial score (nSPS) is 22.1. The number of nitrogens with one attached hydrogen (secondary N) is 1. The maximum atomic E-state index is 10.9. The molecule has 0 saturated heterocycles. The SMILES string of the molecule is CC(=O)NCC1CC1c1cccc2nn(C)cc12. The van der Waals surface area contributed by atoms with E-state index in [1.807, 2.05) is 17.8 Å². The standard InChI is InChI=1S/C14H17N3O/c1-9(18)15-7-10-6-12(10)11-4-3-5-14-13(11)8-17(2)16-14/h3-5,8,10,12H,6-7H2,1-2H3,(H,15,18). The summed E-state index contributed by atoms with van der Waals surface area (Å²) in [6.07, 6.45) is 3.24. The number of hydrogen-bond donors (Lipinski definition) is 1. The van der Waals surface area contributed by atoms with Crippen LogP contribution in [0.5, 0.6) is 0 Å². The van der Waals surface area contributed by atoms with E-state index in [9.17, 15) is 4.79 Å². The number of hydrogen-bond acceptors (Lipinski definition) is 2. The second-order valence-electron chi connectivity index (χ2n) is 5.12. The molecule has 94 valence electrons. The molecule has 2 atom stereocenters. The summed E-state index contributed by atoms with van der Waals surface area (Å²) in [4.78, 5) is 10.9. The summed E-state index contributed by atoms with van der Waals surface area (Å²) in [6.45, 7) is 2.36. The summed E-state index contributed by atoms with van der Waals surface area (Å²) >= 11 is 0. The van der Waals surface area contributed by atoms with Gasteiger partial charge in [0.15, 0.2) is 0 Å². The molecule has 3 rings (SSSR count). The van der Waals surface area contributed by atoms with Crippen LogP contribution in [-0.2, 0) is 11.8 Å². The lowest BCUT2D eigenvalue weighted by Gasteiger charge is -2.03. The molecule has 18 heavy (non-hydrogen) atoms. The summed E-state index contributed by atoms with van der Waals surface area (Å²) in [5, 5.41) is 8.58. The van der Waals surface area contributed by atoms with Crippen LogP contribution in [0, 0.1) is 5.92 Å². The van der Waals surface area contributed by atoms with Crippen LogP contribution in [0.2, 0.25) is 0 Å². The van der Waals surface area contributed by atoms with Gasteiger partial charge < -0.3 is 5.32 Å². The maximum Gasteiger partial charge on any atom is 0.216 e. The Morgan fingerprint density at radius 2 is 2.39 bits per heavy atom. The maximum absolute atomic E-state index is 10.9. The predicted octanol–water partition coefficient (Wildman–Crippen LogP) is 1.81. The Morgan fingerprint density at radius 1 is 1.56 bits per heavy atom. The van der Waals surface area contributed by atoms with E-state index < -0.39 is 0 Å². The first kappa shape index (κ1) is 11.3. The minimum absolute atomic E-state index is 0.0558. The second kappa shape index (κ2) is 4.12. The van der Waals surface area contributed by atoms with Gasteiger partial charge in [-0.2, -0.15) is 5.10 Å². The first-order valence-corrected chi connectivity index (χ1v) is 6.32. The number of carbonyl (C=O) groups excluding carboxylic acids is 1. The molecule has 1 fully saturated rings. The molecule has 1 N–H and O–H groups in total. The van der Waals surface area contributed by atoms with Gasteiger partial charge in [-0.05, 0) is 29.9 Å². The number of fused-ring (bicyclic) bond motifs is 1. The summed E-state index contributed by atoms with van der Waals surface area (Å²) in [5.41, 5.74) is 2.43. The van der Waals surface area contributed by atoms with Crippen molar-refractivity contribution in [1.29, 1.82) is 0 Å². The molecule has 4 nitrogen and oxygen atoms in total. The Morgan fingerprint density at radius 3 is 3.17 bits per heavy atom. The van der Waals surface area contributed by atoms with Gasteiger partial charge in [-0.25, -0.2) is 0 Å². The van der Waals surface area contributed by atoms with E-state index in [0.29, 0.717) is 11.8 Å². The van der Waals surface area contributed by atoms with Crippen LogP contribution in [0.25, 0.3) is 10.9 Å². The Hall–Kier alpha value is -1.84. The number of aromatic nitrogens is 2. The highest BCUT2D eigenvalue weighted by atomic mass is 16.1. The van der Waals surface area contributed by atoms with E-state index in [1.54, 1.807) is 6.92 Å². The molecule has 1 aromatic carbocycles. The minimum atomic E-state index is 0.0558. The van der Waals surface area contributed by atoms with Gasteiger partial charge in [-0.3, -0.25) is 9.48 Å². The molecule has 1 amide bonds. The molecular formula is C14H17N3O. The fourth-order valence-electron chi connectivity index (χ4n) is 2.64. The van der Waals surface area contributed by atoms with Gasteiger partial charge in [-0.15, -0.1) is 0 Å². The van der Waals surface area contributed by atoms with Crippen LogP contribution >= 0.6 is 0 Å². The molecule has 1 heterocycles. The van der Waals surface area contributed by atoms with Crippen LogP contribution in [0.1, 0.15) is 24.8 Å². The summed E-state index contributed by atoms with van der Waals surface area (Å²) < 4.78 is 1.86. The van der Waals surface area contributed by atoms with Gasteiger partial charge >= 0.3 is 0 Å². The first-order chi connectivity index (χ1) is 8.65. The highest BCUT2D eigenvalue weighted by Crippen LogP contribution is 2.48. The number of benzene rings is 1. The molecule has 4 heteroatoms. The molecule has 1 aliphatic rings. The highest BCUT2D eigenvalue weighted by Gasteiger charge is 2.39. The Kier molecular flexibility index (Phi) is 2.58. The number of rotatable bonds is 3. The molecule has 1 aromatic heterocycles. The number of amides is 1. The molecule has 0 spiro atoms. The third-order valence-electron chi connectivity index (χ3n) is 3.63. The van der Waals surface area contributed by atoms with Crippen molar-refractivity contribution in [1.82, 2.24) is 15.1 Å². The van der Waals surface area contributed by atoms with E-state index in [4.69, 9.17) is 0 Å². The number of aryl methyl sites for hydroxylation is 1. The molecule has 0 bridgehead atoms. The Balaban J connectivity index is 1.81.